The average molecular weight is 374 g/mol. The SMILES string of the molecule is C[C@@H]1CN(c2ccc3cc(-c4cc5ccccc5o4)c(=O)oc3c2)C[C@H](C)N1. The molecule has 0 amide bonds. The highest BCUT2D eigenvalue weighted by molar-refractivity contribution is 5.87. The van der Waals surface area contributed by atoms with Crippen LogP contribution in [-0.2, 0) is 0 Å². The maximum Gasteiger partial charge on any atom is 0.347 e. The van der Waals surface area contributed by atoms with Crippen LogP contribution in [0.1, 0.15) is 13.8 Å². The highest BCUT2D eigenvalue weighted by Gasteiger charge is 2.21. The lowest BCUT2D eigenvalue weighted by atomic mass is 10.1. The number of hydrogen-bond donors (Lipinski definition) is 1. The molecule has 2 aromatic carbocycles. The second kappa shape index (κ2) is 6.53. The summed E-state index contributed by atoms with van der Waals surface area (Å²) in [5.41, 5.74) is 2.49. The van der Waals surface area contributed by atoms with Crippen LogP contribution in [0.15, 0.2) is 68.2 Å². The lowest BCUT2D eigenvalue weighted by Crippen LogP contribution is -2.54. The minimum atomic E-state index is -0.384. The first kappa shape index (κ1) is 17.1. The number of nitrogens with zero attached hydrogens (tertiary/aromatic N) is 1. The van der Waals surface area contributed by atoms with Crippen LogP contribution < -0.4 is 15.8 Å². The molecule has 0 radical (unpaired) electrons. The van der Waals surface area contributed by atoms with Crippen molar-refractivity contribution >= 4 is 27.6 Å². The number of fused-ring (bicyclic) bond motifs is 2. The Morgan fingerprint density at radius 2 is 1.64 bits per heavy atom. The zero-order valence-electron chi connectivity index (χ0n) is 15.9. The summed E-state index contributed by atoms with van der Waals surface area (Å²) >= 11 is 0. The largest absolute Gasteiger partial charge is 0.456 e. The van der Waals surface area contributed by atoms with E-state index in [2.05, 4.69) is 30.1 Å². The quantitative estimate of drug-likeness (QED) is 0.527. The molecule has 142 valence electrons. The van der Waals surface area contributed by atoms with Gasteiger partial charge in [0.25, 0.3) is 0 Å². The van der Waals surface area contributed by atoms with Crippen LogP contribution in [0.4, 0.5) is 5.69 Å². The van der Waals surface area contributed by atoms with E-state index in [1.54, 1.807) is 0 Å². The predicted molar refractivity (Wildman–Crippen MR) is 112 cm³/mol. The van der Waals surface area contributed by atoms with E-state index in [0.29, 0.717) is 29.0 Å². The molecule has 0 saturated carbocycles. The molecule has 1 aliphatic rings. The normalized spacial score (nSPS) is 20.1. The van der Waals surface area contributed by atoms with Crippen molar-refractivity contribution in [2.45, 2.75) is 25.9 Å². The van der Waals surface area contributed by atoms with Gasteiger partial charge >= 0.3 is 5.63 Å². The van der Waals surface area contributed by atoms with Crippen LogP contribution in [0.25, 0.3) is 33.3 Å². The lowest BCUT2D eigenvalue weighted by molar-refractivity contribution is 0.407. The average Bonchev–Trinajstić information content (AvgIpc) is 3.10. The van der Waals surface area contributed by atoms with E-state index in [0.717, 1.165) is 35.1 Å². The Bertz CT molecular complexity index is 1180. The molecule has 1 N–H and O–H groups in total. The fraction of sp³-hybridized carbons (Fsp3) is 0.261. The van der Waals surface area contributed by atoms with Crippen LogP contribution in [0.5, 0.6) is 0 Å². The summed E-state index contributed by atoms with van der Waals surface area (Å²) in [6.45, 7) is 6.22. The Labute approximate surface area is 162 Å². The second-order valence-electron chi connectivity index (χ2n) is 7.69. The van der Waals surface area contributed by atoms with Crippen LogP contribution in [0, 0.1) is 0 Å². The molecule has 0 bridgehead atoms. The van der Waals surface area contributed by atoms with Crippen molar-refractivity contribution in [3.8, 4) is 11.3 Å². The minimum Gasteiger partial charge on any atom is -0.456 e. The highest BCUT2D eigenvalue weighted by atomic mass is 16.4. The van der Waals surface area contributed by atoms with Gasteiger partial charge in [0, 0.05) is 47.7 Å². The topological polar surface area (TPSA) is 58.6 Å². The highest BCUT2D eigenvalue weighted by Crippen LogP contribution is 2.29. The molecule has 1 fully saturated rings. The van der Waals surface area contributed by atoms with E-state index in [1.807, 2.05) is 48.5 Å². The van der Waals surface area contributed by atoms with Crippen molar-refractivity contribution in [1.82, 2.24) is 5.32 Å². The first-order chi connectivity index (χ1) is 13.6. The summed E-state index contributed by atoms with van der Waals surface area (Å²) in [6.07, 6.45) is 0. The first-order valence-electron chi connectivity index (χ1n) is 9.65. The molecule has 1 aliphatic heterocycles. The van der Waals surface area contributed by atoms with Crippen molar-refractivity contribution in [3.63, 3.8) is 0 Å². The summed E-state index contributed by atoms with van der Waals surface area (Å²) < 4.78 is 11.5. The van der Waals surface area contributed by atoms with E-state index in [-0.39, 0.29) is 5.63 Å². The van der Waals surface area contributed by atoms with Gasteiger partial charge in [-0.25, -0.2) is 4.79 Å². The molecule has 4 aromatic rings. The van der Waals surface area contributed by atoms with Gasteiger partial charge in [0.15, 0.2) is 0 Å². The van der Waals surface area contributed by atoms with Gasteiger partial charge in [-0.05, 0) is 44.2 Å². The predicted octanol–water partition coefficient (Wildman–Crippen LogP) is 4.39. The summed E-state index contributed by atoms with van der Waals surface area (Å²) in [7, 11) is 0. The van der Waals surface area contributed by atoms with Gasteiger partial charge in [-0.1, -0.05) is 18.2 Å². The van der Waals surface area contributed by atoms with Crippen molar-refractivity contribution in [3.05, 3.63) is 65.0 Å². The Morgan fingerprint density at radius 1 is 0.893 bits per heavy atom. The fourth-order valence-electron chi connectivity index (χ4n) is 4.12. The van der Waals surface area contributed by atoms with Gasteiger partial charge in [-0.15, -0.1) is 0 Å². The van der Waals surface area contributed by atoms with Crippen molar-refractivity contribution in [2.24, 2.45) is 0 Å². The molecule has 5 nitrogen and oxygen atoms in total. The van der Waals surface area contributed by atoms with E-state index in [1.165, 1.54) is 0 Å². The third kappa shape index (κ3) is 2.98. The number of anilines is 1. The number of piperazine rings is 1. The maximum atomic E-state index is 12.7. The molecule has 28 heavy (non-hydrogen) atoms. The fourth-order valence-corrected chi connectivity index (χ4v) is 4.12. The third-order valence-electron chi connectivity index (χ3n) is 5.33. The number of rotatable bonds is 2. The Morgan fingerprint density at radius 3 is 2.43 bits per heavy atom. The van der Waals surface area contributed by atoms with Crippen LogP contribution in [0.2, 0.25) is 0 Å². The van der Waals surface area contributed by atoms with E-state index in [9.17, 15) is 4.79 Å². The van der Waals surface area contributed by atoms with Crippen LogP contribution in [-0.4, -0.2) is 25.2 Å². The molecule has 0 unspecified atom stereocenters. The van der Waals surface area contributed by atoms with Crippen LogP contribution >= 0.6 is 0 Å². The van der Waals surface area contributed by atoms with E-state index < -0.39 is 0 Å². The Kier molecular flexibility index (Phi) is 3.98. The molecule has 0 spiro atoms. The number of benzene rings is 2. The van der Waals surface area contributed by atoms with E-state index in [4.69, 9.17) is 8.83 Å². The monoisotopic (exact) mass is 374 g/mol. The summed E-state index contributed by atoms with van der Waals surface area (Å²) in [5, 5.41) is 5.39. The van der Waals surface area contributed by atoms with Gasteiger partial charge in [-0.3, -0.25) is 0 Å². The summed E-state index contributed by atoms with van der Waals surface area (Å²) in [4.78, 5) is 15.0. The zero-order valence-corrected chi connectivity index (χ0v) is 15.9. The maximum absolute atomic E-state index is 12.7. The first-order valence-corrected chi connectivity index (χ1v) is 9.65. The number of para-hydroxylation sites is 1. The number of furan rings is 1. The van der Waals surface area contributed by atoms with Gasteiger partial charge in [-0.2, -0.15) is 0 Å². The van der Waals surface area contributed by atoms with Gasteiger partial charge < -0.3 is 19.1 Å². The zero-order chi connectivity index (χ0) is 19.3. The smallest absolute Gasteiger partial charge is 0.347 e. The second-order valence-corrected chi connectivity index (χ2v) is 7.69. The molecule has 0 aliphatic carbocycles. The Balaban J connectivity index is 1.55. The third-order valence-corrected chi connectivity index (χ3v) is 5.33. The Hall–Kier alpha value is -3.05. The summed E-state index contributed by atoms with van der Waals surface area (Å²) in [6, 6.07) is 18.4. The van der Waals surface area contributed by atoms with Crippen LogP contribution in [0.3, 0.4) is 0 Å². The van der Waals surface area contributed by atoms with Gasteiger partial charge in [0.2, 0.25) is 0 Å². The van der Waals surface area contributed by atoms with E-state index >= 15 is 0 Å². The van der Waals surface area contributed by atoms with Crippen molar-refractivity contribution < 1.29 is 8.83 Å². The minimum absolute atomic E-state index is 0.384. The molecule has 3 heterocycles. The lowest BCUT2D eigenvalue weighted by Gasteiger charge is -2.37. The molecule has 1 saturated heterocycles. The molecule has 2 aromatic heterocycles. The van der Waals surface area contributed by atoms with Gasteiger partial charge in [0.05, 0.1) is 0 Å². The van der Waals surface area contributed by atoms with Crippen molar-refractivity contribution in [1.29, 1.82) is 0 Å². The van der Waals surface area contributed by atoms with Gasteiger partial charge in [0.1, 0.15) is 22.5 Å². The molecule has 5 rings (SSSR count). The standard InChI is InChI=1S/C23H22N2O3/c1-14-12-25(13-15(2)24-14)18-8-7-17-9-19(23(26)28-21(17)11-18)22-10-16-5-3-4-6-20(16)27-22/h3-11,14-15,24H,12-13H2,1-2H3/t14-,15+. The molecule has 5 heteroatoms. The molecular formula is C23H22N2O3. The molecule has 2 atom stereocenters. The molecular weight excluding hydrogens is 352 g/mol. The van der Waals surface area contributed by atoms with Crippen molar-refractivity contribution in [2.75, 3.05) is 18.0 Å². The summed E-state index contributed by atoms with van der Waals surface area (Å²) in [5.74, 6) is 0.533. The number of hydrogen-bond acceptors (Lipinski definition) is 5. The number of nitrogens with one attached hydrogen (secondary N) is 1.